The number of nitrogen functional groups attached to an aromatic ring is 1. The van der Waals surface area contributed by atoms with Crippen LogP contribution in [0.4, 0.5) is 5.82 Å². The van der Waals surface area contributed by atoms with E-state index in [-0.39, 0.29) is 12.3 Å². The first-order valence-corrected chi connectivity index (χ1v) is 5.97. The number of hydrogen-bond acceptors (Lipinski definition) is 6. The van der Waals surface area contributed by atoms with E-state index >= 15 is 0 Å². The van der Waals surface area contributed by atoms with Crippen LogP contribution in [0, 0.1) is 0 Å². The summed E-state index contributed by atoms with van der Waals surface area (Å²) < 4.78 is 7.58. The lowest BCUT2D eigenvalue weighted by Gasteiger charge is -2.13. The van der Waals surface area contributed by atoms with Gasteiger partial charge in [0.1, 0.15) is 18.1 Å². The third kappa shape index (κ3) is 1.63. The minimum absolute atomic E-state index is 0.133. The van der Waals surface area contributed by atoms with Crippen molar-refractivity contribution in [1.82, 2.24) is 19.5 Å². The summed E-state index contributed by atoms with van der Waals surface area (Å²) >= 11 is 0. The second kappa shape index (κ2) is 4.18. The molecule has 0 saturated carbocycles. The Morgan fingerprint density at radius 1 is 1.50 bits per heavy atom. The molecule has 1 aliphatic heterocycles. The monoisotopic (exact) mass is 249 g/mol. The number of imidazole rings is 1. The van der Waals surface area contributed by atoms with Crippen LogP contribution in [0.15, 0.2) is 12.7 Å². The molecule has 7 nitrogen and oxygen atoms in total. The van der Waals surface area contributed by atoms with Gasteiger partial charge in [-0.1, -0.05) is 6.92 Å². The SMILES string of the molecule is CC[C@H]1O[C@@H](n2cnc3c(N)ncnc32)C[C@H]1O. The third-order valence-electron chi connectivity index (χ3n) is 3.30. The first-order chi connectivity index (χ1) is 8.70. The number of nitrogens with zero attached hydrogens (tertiary/aromatic N) is 4. The van der Waals surface area contributed by atoms with Gasteiger partial charge in [0.25, 0.3) is 0 Å². The maximum Gasteiger partial charge on any atom is 0.167 e. The van der Waals surface area contributed by atoms with Crippen LogP contribution >= 0.6 is 0 Å². The maximum atomic E-state index is 9.87. The predicted octanol–water partition coefficient (Wildman–Crippen LogP) is 0.467. The number of rotatable bonds is 2. The Hall–Kier alpha value is -1.73. The highest BCUT2D eigenvalue weighted by molar-refractivity contribution is 5.81. The smallest absolute Gasteiger partial charge is 0.167 e. The molecule has 2 aromatic rings. The molecule has 7 heteroatoms. The molecule has 0 unspecified atom stereocenters. The fourth-order valence-electron chi connectivity index (χ4n) is 2.33. The molecule has 3 rings (SSSR count). The van der Waals surface area contributed by atoms with Gasteiger partial charge in [-0.25, -0.2) is 15.0 Å². The lowest BCUT2D eigenvalue weighted by molar-refractivity contribution is -0.0183. The van der Waals surface area contributed by atoms with Crippen molar-refractivity contribution in [1.29, 1.82) is 0 Å². The fourth-order valence-corrected chi connectivity index (χ4v) is 2.33. The summed E-state index contributed by atoms with van der Waals surface area (Å²) in [4.78, 5) is 12.3. The van der Waals surface area contributed by atoms with Crippen LogP contribution in [-0.2, 0) is 4.74 Å². The quantitative estimate of drug-likeness (QED) is 0.802. The lowest BCUT2D eigenvalue weighted by Crippen LogP contribution is -2.19. The van der Waals surface area contributed by atoms with E-state index in [1.807, 2.05) is 6.92 Å². The molecule has 0 spiro atoms. The number of aliphatic hydroxyl groups is 1. The second-order valence-corrected chi connectivity index (χ2v) is 4.42. The highest BCUT2D eigenvalue weighted by atomic mass is 16.5. The van der Waals surface area contributed by atoms with Gasteiger partial charge < -0.3 is 15.6 Å². The average Bonchev–Trinajstić information content (AvgIpc) is 2.93. The number of fused-ring (bicyclic) bond motifs is 1. The fraction of sp³-hybridized carbons (Fsp3) is 0.545. The number of ether oxygens (including phenoxy) is 1. The van der Waals surface area contributed by atoms with E-state index in [0.717, 1.165) is 6.42 Å². The predicted molar refractivity (Wildman–Crippen MR) is 64.6 cm³/mol. The van der Waals surface area contributed by atoms with Crippen molar-refractivity contribution >= 4 is 17.0 Å². The van der Waals surface area contributed by atoms with E-state index in [2.05, 4.69) is 15.0 Å². The molecule has 0 bridgehead atoms. The normalized spacial score (nSPS) is 28.0. The minimum atomic E-state index is -0.448. The molecule has 0 amide bonds. The zero-order chi connectivity index (χ0) is 12.7. The van der Waals surface area contributed by atoms with Crippen molar-refractivity contribution < 1.29 is 9.84 Å². The van der Waals surface area contributed by atoms with Gasteiger partial charge >= 0.3 is 0 Å². The summed E-state index contributed by atoms with van der Waals surface area (Å²) in [5, 5.41) is 9.87. The summed E-state index contributed by atoms with van der Waals surface area (Å²) in [5.41, 5.74) is 6.93. The van der Waals surface area contributed by atoms with Crippen molar-refractivity contribution in [2.24, 2.45) is 0 Å². The van der Waals surface area contributed by atoms with Gasteiger partial charge in [-0.2, -0.15) is 0 Å². The van der Waals surface area contributed by atoms with Gasteiger partial charge in [0.05, 0.1) is 18.5 Å². The molecule has 3 atom stereocenters. The molecule has 18 heavy (non-hydrogen) atoms. The van der Waals surface area contributed by atoms with Crippen molar-refractivity contribution in [2.75, 3.05) is 5.73 Å². The van der Waals surface area contributed by atoms with Crippen molar-refractivity contribution in [3.05, 3.63) is 12.7 Å². The van der Waals surface area contributed by atoms with E-state index in [9.17, 15) is 5.11 Å². The number of nitrogens with two attached hydrogens (primary N) is 1. The number of aliphatic hydroxyl groups excluding tert-OH is 1. The molecule has 0 aromatic carbocycles. The van der Waals surface area contributed by atoms with Gasteiger partial charge in [0.15, 0.2) is 11.5 Å². The Morgan fingerprint density at radius 2 is 2.33 bits per heavy atom. The van der Waals surface area contributed by atoms with Gasteiger partial charge in [0.2, 0.25) is 0 Å². The van der Waals surface area contributed by atoms with Gasteiger partial charge in [-0.3, -0.25) is 4.57 Å². The van der Waals surface area contributed by atoms with Crippen LogP contribution in [-0.4, -0.2) is 36.8 Å². The van der Waals surface area contributed by atoms with Gasteiger partial charge in [-0.05, 0) is 6.42 Å². The van der Waals surface area contributed by atoms with Crippen LogP contribution in [0.25, 0.3) is 11.2 Å². The zero-order valence-electron chi connectivity index (χ0n) is 10.0. The van der Waals surface area contributed by atoms with E-state index < -0.39 is 6.10 Å². The average molecular weight is 249 g/mol. The van der Waals surface area contributed by atoms with Gasteiger partial charge in [0, 0.05) is 6.42 Å². The summed E-state index contributed by atoms with van der Waals surface area (Å²) in [6.07, 6.45) is 3.52. The Kier molecular flexibility index (Phi) is 2.64. The molecule has 0 radical (unpaired) electrons. The first-order valence-electron chi connectivity index (χ1n) is 5.97. The molecule has 2 aromatic heterocycles. The molecule has 1 aliphatic rings. The summed E-state index contributed by atoms with van der Waals surface area (Å²) in [6.45, 7) is 1.99. The second-order valence-electron chi connectivity index (χ2n) is 4.42. The first kappa shape index (κ1) is 11.4. The molecular formula is C11H15N5O2. The Morgan fingerprint density at radius 3 is 3.06 bits per heavy atom. The summed E-state index contributed by atoms with van der Waals surface area (Å²) in [5.74, 6) is 0.351. The Bertz CT molecular complexity index is 570. The number of aromatic nitrogens is 4. The summed E-state index contributed by atoms with van der Waals surface area (Å²) in [6, 6.07) is 0. The van der Waals surface area contributed by atoms with Crippen LogP contribution < -0.4 is 5.73 Å². The molecular weight excluding hydrogens is 234 g/mol. The maximum absolute atomic E-state index is 9.87. The molecule has 0 aliphatic carbocycles. The van der Waals surface area contributed by atoms with Crippen LogP contribution in [0.1, 0.15) is 26.0 Å². The standard InChI is InChI=1S/C11H15N5O2/c1-2-7-6(17)3-8(18-7)16-5-15-9-10(12)13-4-14-11(9)16/h4-8,17H,2-3H2,1H3,(H2,12,13,14)/t6-,7-,8-/m1/s1. The van der Waals surface area contributed by atoms with E-state index in [4.69, 9.17) is 10.5 Å². The molecule has 1 saturated heterocycles. The van der Waals surface area contributed by atoms with Crippen LogP contribution in [0.3, 0.4) is 0 Å². The van der Waals surface area contributed by atoms with Crippen molar-refractivity contribution in [2.45, 2.75) is 38.2 Å². The Labute approximate surface area is 104 Å². The van der Waals surface area contributed by atoms with Crippen LogP contribution in [0.5, 0.6) is 0 Å². The minimum Gasteiger partial charge on any atom is -0.390 e. The highest BCUT2D eigenvalue weighted by Crippen LogP contribution is 2.32. The third-order valence-corrected chi connectivity index (χ3v) is 3.30. The Balaban J connectivity index is 1.99. The molecule has 1 fully saturated rings. The molecule has 3 heterocycles. The van der Waals surface area contributed by atoms with E-state index in [0.29, 0.717) is 23.4 Å². The largest absolute Gasteiger partial charge is 0.390 e. The number of anilines is 1. The molecule has 3 N–H and O–H groups in total. The molecule has 96 valence electrons. The van der Waals surface area contributed by atoms with E-state index in [1.54, 1.807) is 10.9 Å². The summed E-state index contributed by atoms with van der Waals surface area (Å²) in [7, 11) is 0. The van der Waals surface area contributed by atoms with Gasteiger partial charge in [-0.15, -0.1) is 0 Å². The zero-order valence-corrected chi connectivity index (χ0v) is 10.0. The van der Waals surface area contributed by atoms with E-state index in [1.165, 1.54) is 6.33 Å². The van der Waals surface area contributed by atoms with Crippen LogP contribution in [0.2, 0.25) is 0 Å². The number of hydrogen-bond donors (Lipinski definition) is 2. The lowest BCUT2D eigenvalue weighted by atomic mass is 10.1. The topological polar surface area (TPSA) is 99.1 Å². The highest BCUT2D eigenvalue weighted by Gasteiger charge is 2.34. The van der Waals surface area contributed by atoms with Crippen molar-refractivity contribution in [3.63, 3.8) is 0 Å². The van der Waals surface area contributed by atoms with Crippen molar-refractivity contribution in [3.8, 4) is 0 Å².